The van der Waals surface area contributed by atoms with Crippen molar-refractivity contribution in [3.05, 3.63) is 102 Å². The number of hydrogen-bond donors (Lipinski definition) is 1. The first-order chi connectivity index (χ1) is 16.6. The third kappa shape index (κ3) is 4.46. The highest BCUT2D eigenvalue weighted by Gasteiger charge is 2.15. The summed E-state index contributed by atoms with van der Waals surface area (Å²) >= 11 is 0. The molecule has 3 aromatic carbocycles. The molecule has 0 unspecified atom stereocenters. The molecule has 0 atom stereocenters. The van der Waals surface area contributed by atoms with Crippen LogP contribution in [0.15, 0.2) is 91.3 Å². The lowest BCUT2D eigenvalue weighted by atomic mass is 10.1. The fourth-order valence-corrected chi connectivity index (χ4v) is 4.09. The number of ketones is 1. The molecule has 2 heterocycles. The van der Waals surface area contributed by atoms with Crippen molar-refractivity contribution in [2.24, 2.45) is 5.92 Å². The van der Waals surface area contributed by atoms with Crippen LogP contribution in [0.25, 0.3) is 28.0 Å². The van der Waals surface area contributed by atoms with Crippen LogP contribution in [-0.2, 0) is 6.54 Å². The number of imidazole rings is 1. The fraction of sp³-hybridized carbons (Fsp3) is 0.138. The second-order valence-electron chi connectivity index (χ2n) is 8.78. The average Bonchev–Trinajstić information content (AvgIpc) is 3.27. The van der Waals surface area contributed by atoms with Crippen LogP contribution in [0.5, 0.6) is 0 Å². The number of anilines is 2. The second kappa shape index (κ2) is 9.32. The highest BCUT2D eigenvalue weighted by atomic mass is 16.1. The quantitative estimate of drug-likeness (QED) is 0.219. The van der Waals surface area contributed by atoms with Crippen molar-refractivity contribution in [2.45, 2.75) is 20.4 Å². The zero-order valence-electron chi connectivity index (χ0n) is 19.3. The number of aromatic nitrogens is 3. The molecule has 0 amide bonds. The van der Waals surface area contributed by atoms with Crippen LogP contribution in [-0.4, -0.2) is 20.3 Å². The molecule has 0 aliphatic rings. The summed E-state index contributed by atoms with van der Waals surface area (Å²) in [5.41, 5.74) is 5.32. The van der Waals surface area contributed by atoms with Gasteiger partial charge in [-0.3, -0.25) is 4.79 Å². The number of hydrogen-bond acceptors (Lipinski definition) is 4. The summed E-state index contributed by atoms with van der Waals surface area (Å²) in [6.45, 7) is 5.29. The summed E-state index contributed by atoms with van der Waals surface area (Å²) in [4.78, 5) is 22.1. The van der Waals surface area contributed by atoms with E-state index in [-0.39, 0.29) is 5.78 Å². The SMILES string of the molecule is CC(C)Cn1cnc2c(Nc3ccc(C(=O)/C=C/c4ccccc4)cc3)nc3ccccc3c21. The Kier molecular flexibility index (Phi) is 5.91. The molecular formula is C29H26N4O. The average molecular weight is 447 g/mol. The molecule has 0 saturated heterocycles. The second-order valence-corrected chi connectivity index (χ2v) is 8.78. The largest absolute Gasteiger partial charge is 0.338 e. The summed E-state index contributed by atoms with van der Waals surface area (Å²) in [6.07, 6.45) is 5.33. The van der Waals surface area contributed by atoms with Gasteiger partial charge in [-0.25, -0.2) is 9.97 Å². The summed E-state index contributed by atoms with van der Waals surface area (Å²) in [5.74, 6) is 1.18. The van der Waals surface area contributed by atoms with Gasteiger partial charge in [0.1, 0.15) is 5.52 Å². The van der Waals surface area contributed by atoms with Crippen molar-refractivity contribution >= 4 is 45.3 Å². The number of fused-ring (bicyclic) bond motifs is 3. The minimum atomic E-state index is -0.0333. The molecule has 0 fully saturated rings. The number of carbonyl (C=O) groups excluding carboxylic acids is 1. The van der Waals surface area contributed by atoms with Crippen molar-refractivity contribution in [2.75, 3.05) is 5.32 Å². The van der Waals surface area contributed by atoms with E-state index in [1.807, 2.05) is 85.2 Å². The lowest BCUT2D eigenvalue weighted by Crippen LogP contribution is -2.04. The van der Waals surface area contributed by atoms with Gasteiger partial charge in [0.2, 0.25) is 0 Å². The third-order valence-electron chi connectivity index (χ3n) is 5.67. The monoisotopic (exact) mass is 446 g/mol. The van der Waals surface area contributed by atoms with Gasteiger partial charge in [-0.2, -0.15) is 0 Å². The lowest BCUT2D eigenvalue weighted by molar-refractivity contribution is 0.104. The topological polar surface area (TPSA) is 59.8 Å². The maximum absolute atomic E-state index is 12.6. The molecule has 5 nitrogen and oxygen atoms in total. The molecule has 1 N–H and O–H groups in total. The Labute approximate surface area is 198 Å². The van der Waals surface area contributed by atoms with Crippen LogP contribution in [0.4, 0.5) is 11.5 Å². The molecule has 0 spiro atoms. The highest BCUT2D eigenvalue weighted by molar-refractivity contribution is 6.08. The highest BCUT2D eigenvalue weighted by Crippen LogP contribution is 2.30. The molecule has 5 rings (SSSR count). The van der Waals surface area contributed by atoms with Gasteiger partial charge in [0.25, 0.3) is 0 Å². The number of allylic oxidation sites excluding steroid dienone is 1. The Bertz CT molecular complexity index is 1480. The predicted molar refractivity (Wildman–Crippen MR) is 139 cm³/mol. The Hall–Kier alpha value is -4.25. The zero-order chi connectivity index (χ0) is 23.5. The number of pyridine rings is 1. The Balaban J connectivity index is 1.43. The van der Waals surface area contributed by atoms with Crippen LogP contribution >= 0.6 is 0 Å². The summed E-state index contributed by atoms with van der Waals surface area (Å²) in [6, 6.07) is 25.4. The first kappa shape index (κ1) is 21.6. The number of nitrogens with zero attached hydrogens (tertiary/aromatic N) is 3. The predicted octanol–water partition coefficient (Wildman–Crippen LogP) is 6.88. The molecule has 5 heteroatoms. The number of rotatable bonds is 7. The van der Waals surface area contributed by atoms with Gasteiger partial charge in [0.15, 0.2) is 11.6 Å². The number of carbonyl (C=O) groups is 1. The normalized spacial score (nSPS) is 11.6. The molecule has 34 heavy (non-hydrogen) atoms. The Morgan fingerprint density at radius 2 is 1.71 bits per heavy atom. The standard InChI is InChI=1S/C29H26N4O/c1-20(2)18-33-19-30-27-28(33)24-10-6-7-11-25(24)32-29(27)31-23-15-13-22(14-16-23)26(34)17-12-21-8-4-3-5-9-21/h3-17,19-20H,18H2,1-2H3,(H,31,32)/b17-12+. The molecular weight excluding hydrogens is 420 g/mol. The Morgan fingerprint density at radius 1 is 0.971 bits per heavy atom. The Morgan fingerprint density at radius 3 is 2.47 bits per heavy atom. The van der Waals surface area contributed by atoms with E-state index in [2.05, 4.69) is 29.8 Å². The van der Waals surface area contributed by atoms with Gasteiger partial charge in [-0.05, 0) is 47.9 Å². The van der Waals surface area contributed by atoms with E-state index in [1.54, 1.807) is 6.08 Å². The van der Waals surface area contributed by atoms with Gasteiger partial charge < -0.3 is 9.88 Å². The molecule has 0 aliphatic heterocycles. The zero-order valence-corrected chi connectivity index (χ0v) is 19.3. The van der Waals surface area contributed by atoms with Crippen LogP contribution in [0.3, 0.4) is 0 Å². The smallest absolute Gasteiger partial charge is 0.185 e. The van der Waals surface area contributed by atoms with E-state index in [4.69, 9.17) is 9.97 Å². The maximum Gasteiger partial charge on any atom is 0.185 e. The first-order valence-electron chi connectivity index (χ1n) is 11.5. The first-order valence-corrected chi connectivity index (χ1v) is 11.5. The van der Waals surface area contributed by atoms with Gasteiger partial charge >= 0.3 is 0 Å². The van der Waals surface area contributed by atoms with E-state index in [9.17, 15) is 4.79 Å². The molecule has 2 aromatic heterocycles. The van der Waals surface area contributed by atoms with Crippen LogP contribution in [0.1, 0.15) is 29.8 Å². The van der Waals surface area contributed by atoms with E-state index >= 15 is 0 Å². The van der Waals surface area contributed by atoms with Crippen molar-refractivity contribution < 1.29 is 4.79 Å². The summed E-state index contributed by atoms with van der Waals surface area (Å²) in [7, 11) is 0. The minimum absolute atomic E-state index is 0.0333. The van der Waals surface area contributed by atoms with Gasteiger partial charge in [0, 0.05) is 23.2 Å². The number of para-hydroxylation sites is 1. The molecule has 5 aromatic rings. The number of nitrogens with one attached hydrogen (secondary N) is 1. The fourth-order valence-electron chi connectivity index (χ4n) is 4.09. The van der Waals surface area contributed by atoms with E-state index < -0.39 is 0 Å². The van der Waals surface area contributed by atoms with E-state index in [1.165, 1.54) is 0 Å². The maximum atomic E-state index is 12.6. The molecule has 168 valence electrons. The van der Waals surface area contributed by atoms with Gasteiger partial charge in [-0.1, -0.05) is 68.5 Å². The van der Waals surface area contributed by atoms with Crippen LogP contribution in [0, 0.1) is 5.92 Å². The van der Waals surface area contributed by atoms with Gasteiger partial charge in [0.05, 0.1) is 17.4 Å². The van der Waals surface area contributed by atoms with Gasteiger partial charge in [-0.15, -0.1) is 0 Å². The van der Waals surface area contributed by atoms with E-state index in [0.717, 1.165) is 39.7 Å². The van der Waals surface area contributed by atoms with Crippen molar-refractivity contribution in [3.63, 3.8) is 0 Å². The van der Waals surface area contributed by atoms with Crippen molar-refractivity contribution in [1.82, 2.24) is 14.5 Å². The van der Waals surface area contributed by atoms with Crippen LogP contribution < -0.4 is 5.32 Å². The lowest BCUT2D eigenvalue weighted by Gasteiger charge is -2.12. The minimum Gasteiger partial charge on any atom is -0.338 e. The molecule has 0 radical (unpaired) electrons. The summed E-state index contributed by atoms with van der Waals surface area (Å²) < 4.78 is 2.20. The third-order valence-corrected chi connectivity index (χ3v) is 5.67. The van der Waals surface area contributed by atoms with Crippen molar-refractivity contribution in [1.29, 1.82) is 0 Å². The number of benzene rings is 3. The van der Waals surface area contributed by atoms with Crippen LogP contribution in [0.2, 0.25) is 0 Å². The molecule has 0 aliphatic carbocycles. The van der Waals surface area contributed by atoms with Crippen molar-refractivity contribution in [3.8, 4) is 0 Å². The summed E-state index contributed by atoms with van der Waals surface area (Å²) in [5, 5.41) is 4.50. The van der Waals surface area contributed by atoms with E-state index in [0.29, 0.717) is 17.3 Å². The molecule has 0 saturated carbocycles. The molecule has 0 bridgehead atoms.